The number of aromatic nitrogens is 2. The highest BCUT2D eigenvalue weighted by molar-refractivity contribution is 7.80. The topological polar surface area (TPSA) is 64.2 Å². The Kier molecular flexibility index (Phi) is 5.25. The van der Waals surface area contributed by atoms with E-state index in [0.29, 0.717) is 22.9 Å². The number of H-pyrrole nitrogens is 1. The average Bonchev–Trinajstić information content (AvgIpc) is 2.97. The van der Waals surface area contributed by atoms with Gasteiger partial charge in [-0.25, -0.2) is 9.19 Å². The van der Waals surface area contributed by atoms with Crippen LogP contribution in [0.4, 0.5) is 0 Å². The van der Waals surface area contributed by atoms with Crippen LogP contribution < -0.4 is 4.74 Å². The van der Waals surface area contributed by atoms with Gasteiger partial charge in [0.15, 0.2) is 0 Å². The van der Waals surface area contributed by atoms with Crippen LogP contribution in [-0.2, 0) is 15.3 Å². The van der Waals surface area contributed by atoms with Crippen LogP contribution in [-0.4, -0.2) is 27.4 Å². The van der Waals surface area contributed by atoms with E-state index in [1.165, 1.54) is 6.42 Å². The fourth-order valence-electron chi connectivity index (χ4n) is 3.55. The number of hydrogen-bond donors (Lipinski definition) is 1. The van der Waals surface area contributed by atoms with Gasteiger partial charge in [0.1, 0.15) is 5.75 Å². The van der Waals surface area contributed by atoms with Gasteiger partial charge in [0, 0.05) is 6.07 Å². The molecule has 0 saturated heterocycles. The number of rotatable bonds is 5. The average molecular weight is 350 g/mol. The number of hydrogen-bond acceptors (Lipinski definition) is 4. The molecular formula is C18H26N2O3S. The normalized spacial score (nSPS) is 26.0. The van der Waals surface area contributed by atoms with E-state index in [-0.39, 0.29) is 6.10 Å². The lowest BCUT2D eigenvalue weighted by molar-refractivity contribution is 0.0563. The number of imidazole rings is 1. The van der Waals surface area contributed by atoms with E-state index >= 15 is 0 Å². The molecule has 1 aliphatic rings. The molecule has 3 rings (SSSR count). The Labute approximate surface area is 145 Å². The Balaban J connectivity index is 1.78. The summed E-state index contributed by atoms with van der Waals surface area (Å²) in [6, 6.07) is 5.54. The third kappa shape index (κ3) is 3.64. The summed E-state index contributed by atoms with van der Waals surface area (Å²) < 4.78 is 23.8. The van der Waals surface area contributed by atoms with Crippen LogP contribution in [0.3, 0.4) is 0 Å². The number of benzene rings is 1. The number of fused-ring (bicyclic) bond motifs is 1. The second-order valence-electron chi connectivity index (χ2n) is 7.12. The maximum absolute atomic E-state index is 12.7. The molecule has 1 aromatic heterocycles. The summed E-state index contributed by atoms with van der Waals surface area (Å²) in [5, 5.41) is 0.374. The molecule has 1 fully saturated rings. The maximum Gasteiger partial charge on any atom is 0.226 e. The number of nitrogens with one attached hydrogen (secondary N) is 1. The largest absolute Gasteiger partial charge is 0.497 e. The fourth-order valence-corrected chi connectivity index (χ4v) is 4.46. The summed E-state index contributed by atoms with van der Waals surface area (Å²) in [6.07, 6.45) is 3.35. The minimum atomic E-state index is -1.58. The molecule has 132 valence electrons. The van der Waals surface area contributed by atoms with Gasteiger partial charge in [-0.15, -0.1) is 0 Å². The quantitative estimate of drug-likeness (QED) is 0.883. The first-order valence-electron chi connectivity index (χ1n) is 8.60. The summed E-state index contributed by atoms with van der Waals surface area (Å²) in [4.78, 5) is 7.50. The predicted molar refractivity (Wildman–Crippen MR) is 95.3 cm³/mol. The molecule has 4 unspecified atom stereocenters. The molecule has 5 nitrogen and oxygen atoms in total. The van der Waals surface area contributed by atoms with E-state index in [1.54, 1.807) is 7.11 Å². The number of nitrogens with zero attached hydrogens (tertiary/aromatic N) is 1. The van der Waals surface area contributed by atoms with E-state index in [1.807, 2.05) is 18.2 Å². The van der Waals surface area contributed by atoms with Crippen molar-refractivity contribution >= 4 is 22.1 Å². The molecule has 1 N–H and O–H groups in total. The van der Waals surface area contributed by atoms with Crippen molar-refractivity contribution in [3.63, 3.8) is 0 Å². The Morgan fingerprint density at radius 1 is 1.33 bits per heavy atom. The second-order valence-corrected chi connectivity index (χ2v) is 8.17. The highest BCUT2D eigenvalue weighted by atomic mass is 32.2. The smallest absolute Gasteiger partial charge is 0.226 e. The summed E-state index contributed by atoms with van der Waals surface area (Å²) >= 11 is -1.58. The van der Waals surface area contributed by atoms with E-state index in [0.717, 1.165) is 29.6 Å². The van der Waals surface area contributed by atoms with Crippen molar-refractivity contribution in [3.8, 4) is 5.75 Å². The van der Waals surface area contributed by atoms with Crippen LogP contribution in [0, 0.1) is 17.8 Å². The Hall–Kier alpha value is -1.40. The van der Waals surface area contributed by atoms with Crippen molar-refractivity contribution in [1.82, 2.24) is 9.97 Å². The van der Waals surface area contributed by atoms with Gasteiger partial charge in [0.2, 0.25) is 16.2 Å². The molecule has 6 heteroatoms. The Morgan fingerprint density at radius 2 is 2.12 bits per heavy atom. The minimum Gasteiger partial charge on any atom is -0.497 e. The van der Waals surface area contributed by atoms with Gasteiger partial charge < -0.3 is 9.72 Å². The Bertz CT molecular complexity index is 728. The highest BCUT2D eigenvalue weighted by Crippen LogP contribution is 2.36. The van der Waals surface area contributed by atoms with Crippen LogP contribution >= 0.6 is 0 Å². The van der Waals surface area contributed by atoms with Gasteiger partial charge in [-0.05, 0) is 42.7 Å². The number of ether oxygens (including phenoxy) is 1. The zero-order chi connectivity index (χ0) is 17.3. The zero-order valence-corrected chi connectivity index (χ0v) is 15.6. The first-order chi connectivity index (χ1) is 11.5. The predicted octanol–water partition coefficient (Wildman–Crippen LogP) is 4.07. The van der Waals surface area contributed by atoms with Gasteiger partial charge in [-0.2, -0.15) is 0 Å². The molecule has 24 heavy (non-hydrogen) atoms. The van der Waals surface area contributed by atoms with Gasteiger partial charge in [-0.3, -0.25) is 4.18 Å². The molecule has 2 aromatic rings. The molecule has 1 saturated carbocycles. The van der Waals surface area contributed by atoms with Crippen molar-refractivity contribution in [2.75, 3.05) is 7.11 Å². The molecule has 0 aliphatic heterocycles. The SMILES string of the molecule is COc1ccc2nc(S(=O)OC3CC(C)CCC3C(C)C)[nH]c2c1. The molecule has 0 amide bonds. The number of aromatic amines is 1. The second kappa shape index (κ2) is 7.23. The lowest BCUT2D eigenvalue weighted by atomic mass is 9.75. The van der Waals surface area contributed by atoms with Crippen molar-refractivity contribution in [2.45, 2.75) is 51.3 Å². The van der Waals surface area contributed by atoms with E-state index in [4.69, 9.17) is 8.92 Å². The van der Waals surface area contributed by atoms with Crippen molar-refractivity contribution in [3.05, 3.63) is 18.2 Å². The van der Waals surface area contributed by atoms with Gasteiger partial charge in [0.05, 0.1) is 24.2 Å². The van der Waals surface area contributed by atoms with Crippen molar-refractivity contribution < 1.29 is 13.1 Å². The third-order valence-electron chi connectivity index (χ3n) is 5.00. The molecule has 0 spiro atoms. The van der Waals surface area contributed by atoms with Crippen molar-refractivity contribution in [1.29, 1.82) is 0 Å². The standard InChI is InChI=1S/C18H26N2O3S/c1-11(2)14-7-5-12(3)9-17(14)23-24(21)18-19-15-8-6-13(22-4)10-16(15)20-18/h6,8,10-12,14,17H,5,7,9H2,1-4H3,(H,19,20). The maximum atomic E-state index is 12.7. The summed E-state index contributed by atoms with van der Waals surface area (Å²) in [5.41, 5.74) is 1.57. The molecular weight excluding hydrogens is 324 g/mol. The van der Waals surface area contributed by atoms with E-state index in [2.05, 4.69) is 30.7 Å². The molecule has 1 aromatic carbocycles. The van der Waals surface area contributed by atoms with Gasteiger partial charge in [0.25, 0.3) is 0 Å². The lowest BCUT2D eigenvalue weighted by Gasteiger charge is -2.36. The van der Waals surface area contributed by atoms with Crippen LogP contribution in [0.5, 0.6) is 5.75 Å². The van der Waals surface area contributed by atoms with Gasteiger partial charge >= 0.3 is 0 Å². The first-order valence-corrected chi connectivity index (χ1v) is 9.68. The summed E-state index contributed by atoms with van der Waals surface area (Å²) in [6.45, 7) is 6.67. The Morgan fingerprint density at radius 3 is 2.83 bits per heavy atom. The van der Waals surface area contributed by atoms with Crippen LogP contribution in [0.2, 0.25) is 0 Å². The first kappa shape index (κ1) is 17.4. The monoisotopic (exact) mass is 350 g/mol. The van der Waals surface area contributed by atoms with Crippen LogP contribution in [0.1, 0.15) is 40.0 Å². The lowest BCUT2D eigenvalue weighted by Crippen LogP contribution is -2.34. The van der Waals surface area contributed by atoms with Crippen LogP contribution in [0.25, 0.3) is 11.0 Å². The van der Waals surface area contributed by atoms with Crippen molar-refractivity contribution in [2.24, 2.45) is 17.8 Å². The zero-order valence-electron chi connectivity index (χ0n) is 14.7. The fraction of sp³-hybridized carbons (Fsp3) is 0.611. The van der Waals surface area contributed by atoms with Crippen LogP contribution in [0.15, 0.2) is 23.4 Å². The molecule has 1 aliphatic carbocycles. The molecule has 4 atom stereocenters. The molecule has 1 heterocycles. The highest BCUT2D eigenvalue weighted by Gasteiger charge is 2.33. The molecule has 0 bridgehead atoms. The number of methoxy groups -OCH3 is 1. The van der Waals surface area contributed by atoms with E-state index in [9.17, 15) is 4.21 Å². The summed E-state index contributed by atoms with van der Waals surface area (Å²) in [5.74, 6) is 2.33. The third-order valence-corrected chi connectivity index (χ3v) is 5.93. The summed E-state index contributed by atoms with van der Waals surface area (Å²) in [7, 11) is 1.62. The molecule has 0 radical (unpaired) electrons. The van der Waals surface area contributed by atoms with Gasteiger partial charge in [-0.1, -0.05) is 27.2 Å². The minimum absolute atomic E-state index is 0.0253. The van der Waals surface area contributed by atoms with E-state index < -0.39 is 11.1 Å².